The molecule has 1 aromatic heterocycles. The Morgan fingerprint density at radius 1 is 1.29 bits per heavy atom. The van der Waals surface area contributed by atoms with Gasteiger partial charge in [0.2, 0.25) is 0 Å². The molecule has 0 saturated heterocycles. The highest BCUT2D eigenvalue weighted by atomic mass is 79.9. The van der Waals surface area contributed by atoms with Gasteiger partial charge in [-0.25, -0.2) is 9.67 Å². The highest BCUT2D eigenvalue weighted by Crippen LogP contribution is 2.35. The minimum atomic E-state index is 0.391. The number of aromatic nitrogens is 3. The van der Waals surface area contributed by atoms with Crippen molar-refractivity contribution in [3.8, 4) is 5.75 Å². The van der Waals surface area contributed by atoms with Crippen LogP contribution in [0.25, 0.3) is 0 Å². The van der Waals surface area contributed by atoms with Crippen LogP contribution in [0.5, 0.6) is 5.75 Å². The van der Waals surface area contributed by atoms with E-state index in [4.69, 9.17) is 4.74 Å². The Bertz CT molecular complexity index is 577. The van der Waals surface area contributed by atoms with Gasteiger partial charge in [-0.1, -0.05) is 6.92 Å². The Morgan fingerprint density at radius 2 is 2.00 bits per heavy atom. The average Bonchev–Trinajstić information content (AvgIpc) is 2.86. The van der Waals surface area contributed by atoms with Gasteiger partial charge in [0.05, 0.1) is 8.95 Å². The quantitative estimate of drug-likeness (QED) is 0.748. The van der Waals surface area contributed by atoms with Crippen LogP contribution in [0, 0.1) is 0 Å². The van der Waals surface area contributed by atoms with Crippen LogP contribution in [-0.2, 0) is 19.7 Å². The van der Waals surface area contributed by atoms with Crippen molar-refractivity contribution < 1.29 is 4.74 Å². The van der Waals surface area contributed by atoms with E-state index in [1.165, 1.54) is 5.56 Å². The molecule has 2 aromatic rings. The zero-order valence-corrected chi connectivity index (χ0v) is 15.2. The van der Waals surface area contributed by atoms with Crippen molar-refractivity contribution in [2.75, 3.05) is 7.05 Å². The van der Waals surface area contributed by atoms with E-state index in [1.54, 1.807) is 6.33 Å². The molecule has 5 nitrogen and oxygen atoms in total. The fourth-order valence-electron chi connectivity index (χ4n) is 1.99. The summed E-state index contributed by atoms with van der Waals surface area (Å²) in [5, 5.41) is 7.33. The highest BCUT2D eigenvalue weighted by Gasteiger charge is 2.11. The molecule has 1 heterocycles. The fraction of sp³-hybridized carbons (Fsp3) is 0.429. The van der Waals surface area contributed by atoms with E-state index in [1.807, 2.05) is 23.9 Å². The highest BCUT2D eigenvalue weighted by molar-refractivity contribution is 9.11. The molecule has 114 valence electrons. The monoisotopic (exact) mass is 416 g/mol. The van der Waals surface area contributed by atoms with Crippen LogP contribution in [0.3, 0.4) is 0 Å². The van der Waals surface area contributed by atoms with Crippen LogP contribution >= 0.6 is 31.9 Å². The lowest BCUT2D eigenvalue weighted by molar-refractivity contribution is 0.282. The maximum absolute atomic E-state index is 5.89. The summed E-state index contributed by atoms with van der Waals surface area (Å²) in [5.74, 6) is 1.61. The van der Waals surface area contributed by atoms with E-state index in [2.05, 4.69) is 54.2 Å². The second kappa shape index (κ2) is 7.91. The summed E-state index contributed by atoms with van der Waals surface area (Å²) < 4.78 is 9.61. The summed E-state index contributed by atoms with van der Waals surface area (Å²) >= 11 is 7.11. The van der Waals surface area contributed by atoms with Crippen LogP contribution in [0.1, 0.15) is 24.7 Å². The van der Waals surface area contributed by atoms with Crippen LogP contribution in [0.15, 0.2) is 27.4 Å². The molecule has 0 bridgehead atoms. The van der Waals surface area contributed by atoms with Gasteiger partial charge >= 0.3 is 0 Å². The fourth-order valence-corrected chi connectivity index (χ4v) is 3.50. The third-order valence-electron chi connectivity index (χ3n) is 2.92. The zero-order chi connectivity index (χ0) is 15.2. The molecule has 2 rings (SSSR count). The van der Waals surface area contributed by atoms with Gasteiger partial charge in [0, 0.05) is 13.1 Å². The first kappa shape index (κ1) is 16.5. The molecule has 0 atom stereocenters. The molecule has 0 spiro atoms. The smallest absolute Gasteiger partial charge is 0.164 e. The molecule has 0 radical (unpaired) electrons. The molecule has 0 aliphatic rings. The molecular formula is C14H18Br2N4O. The lowest BCUT2D eigenvalue weighted by Crippen LogP contribution is -2.09. The third kappa shape index (κ3) is 4.28. The second-order valence-corrected chi connectivity index (χ2v) is 6.32. The Kier molecular flexibility index (Phi) is 6.20. The number of nitrogens with zero attached hydrogens (tertiary/aromatic N) is 3. The average molecular weight is 418 g/mol. The molecule has 0 amide bonds. The summed E-state index contributed by atoms with van der Waals surface area (Å²) in [6.45, 7) is 4.16. The summed E-state index contributed by atoms with van der Waals surface area (Å²) in [7, 11) is 1.92. The lowest BCUT2D eigenvalue weighted by atomic mass is 10.2. The van der Waals surface area contributed by atoms with Crippen molar-refractivity contribution in [3.63, 3.8) is 0 Å². The Labute approximate surface area is 141 Å². The van der Waals surface area contributed by atoms with Gasteiger partial charge < -0.3 is 10.1 Å². The number of halogens is 2. The van der Waals surface area contributed by atoms with Crippen molar-refractivity contribution in [2.24, 2.45) is 0 Å². The normalized spacial score (nSPS) is 10.9. The Hall–Kier alpha value is -0.920. The van der Waals surface area contributed by atoms with Crippen LogP contribution < -0.4 is 10.1 Å². The SMILES string of the molecule is CCCn1ncnc1COc1c(Br)cc(CNC)cc1Br. The van der Waals surface area contributed by atoms with E-state index < -0.39 is 0 Å². The van der Waals surface area contributed by atoms with Crippen molar-refractivity contribution in [3.05, 3.63) is 38.8 Å². The van der Waals surface area contributed by atoms with Crippen molar-refractivity contribution in [2.45, 2.75) is 33.0 Å². The lowest BCUT2D eigenvalue weighted by Gasteiger charge is -2.12. The van der Waals surface area contributed by atoms with E-state index in [0.717, 1.165) is 40.0 Å². The van der Waals surface area contributed by atoms with E-state index in [-0.39, 0.29) is 0 Å². The minimum absolute atomic E-state index is 0.391. The predicted octanol–water partition coefficient (Wildman–Crippen LogP) is 3.51. The van der Waals surface area contributed by atoms with E-state index in [0.29, 0.717) is 6.61 Å². The second-order valence-electron chi connectivity index (χ2n) is 4.61. The van der Waals surface area contributed by atoms with Gasteiger partial charge in [0.25, 0.3) is 0 Å². The van der Waals surface area contributed by atoms with Gasteiger partial charge in [0.1, 0.15) is 18.7 Å². The third-order valence-corrected chi connectivity index (χ3v) is 4.09. The first-order valence-electron chi connectivity index (χ1n) is 6.77. The number of ether oxygens (including phenoxy) is 1. The largest absolute Gasteiger partial charge is 0.483 e. The molecule has 0 fully saturated rings. The molecule has 0 aliphatic heterocycles. The minimum Gasteiger partial charge on any atom is -0.483 e. The van der Waals surface area contributed by atoms with Gasteiger partial charge in [-0.05, 0) is 63.0 Å². The maximum atomic E-state index is 5.89. The van der Waals surface area contributed by atoms with Crippen molar-refractivity contribution in [1.29, 1.82) is 0 Å². The molecule has 7 heteroatoms. The Morgan fingerprint density at radius 3 is 2.62 bits per heavy atom. The molecule has 1 aromatic carbocycles. The van der Waals surface area contributed by atoms with Gasteiger partial charge in [-0.3, -0.25) is 0 Å². The van der Waals surface area contributed by atoms with Crippen LogP contribution in [-0.4, -0.2) is 21.8 Å². The number of nitrogens with one attached hydrogen (secondary N) is 1. The first-order valence-corrected chi connectivity index (χ1v) is 8.36. The first-order chi connectivity index (χ1) is 10.2. The molecule has 0 unspecified atom stereocenters. The number of hydrogen-bond donors (Lipinski definition) is 1. The van der Waals surface area contributed by atoms with Crippen LogP contribution in [0.2, 0.25) is 0 Å². The molecular weight excluding hydrogens is 400 g/mol. The molecule has 0 saturated carbocycles. The summed E-state index contributed by atoms with van der Waals surface area (Å²) in [5.41, 5.74) is 1.18. The maximum Gasteiger partial charge on any atom is 0.164 e. The standard InChI is InChI=1S/C14H18Br2N4O/c1-3-4-20-13(18-9-19-20)8-21-14-11(15)5-10(7-17-2)6-12(14)16/h5-6,9,17H,3-4,7-8H2,1-2H3. The number of rotatable bonds is 7. The number of aryl methyl sites for hydroxylation is 1. The summed E-state index contributed by atoms with van der Waals surface area (Å²) in [4.78, 5) is 4.24. The van der Waals surface area contributed by atoms with Gasteiger partial charge in [0.15, 0.2) is 5.82 Å². The van der Waals surface area contributed by atoms with Gasteiger partial charge in [-0.2, -0.15) is 5.10 Å². The Balaban J connectivity index is 2.11. The van der Waals surface area contributed by atoms with Crippen molar-refractivity contribution >= 4 is 31.9 Å². The van der Waals surface area contributed by atoms with Crippen molar-refractivity contribution in [1.82, 2.24) is 20.1 Å². The topological polar surface area (TPSA) is 52.0 Å². The number of hydrogen-bond acceptors (Lipinski definition) is 4. The predicted molar refractivity (Wildman–Crippen MR) is 89.3 cm³/mol. The molecule has 1 N–H and O–H groups in total. The van der Waals surface area contributed by atoms with E-state index in [9.17, 15) is 0 Å². The number of benzene rings is 1. The van der Waals surface area contributed by atoms with Gasteiger partial charge in [-0.15, -0.1) is 0 Å². The zero-order valence-electron chi connectivity index (χ0n) is 12.1. The molecule has 0 aliphatic carbocycles. The summed E-state index contributed by atoms with van der Waals surface area (Å²) in [6, 6.07) is 4.10. The summed E-state index contributed by atoms with van der Waals surface area (Å²) in [6.07, 6.45) is 2.58. The molecule has 21 heavy (non-hydrogen) atoms. The van der Waals surface area contributed by atoms with Crippen LogP contribution in [0.4, 0.5) is 0 Å². The van der Waals surface area contributed by atoms with E-state index >= 15 is 0 Å².